The molecule has 0 unspecified atom stereocenters. The summed E-state index contributed by atoms with van der Waals surface area (Å²) in [6.45, 7) is 0. The molecule has 6 nitrogen and oxygen atoms in total. The number of rotatable bonds is 5. The van der Waals surface area contributed by atoms with Gasteiger partial charge in [-0.15, -0.1) is 15.0 Å². The Balaban J connectivity index is 1.64. The molecule has 5 rings (SSSR count). The minimum Gasteiger partial charge on any atom is -0.402 e. The minimum absolute atomic E-state index is 0.121. The van der Waals surface area contributed by atoms with Crippen LogP contribution in [0.25, 0.3) is 22.5 Å². The first-order valence-corrected chi connectivity index (χ1v) is 10.8. The molecule has 0 N–H and O–H groups in total. The molecule has 0 bridgehead atoms. The van der Waals surface area contributed by atoms with Crippen LogP contribution in [0.4, 0.5) is 0 Å². The summed E-state index contributed by atoms with van der Waals surface area (Å²) in [5.74, 6) is -0.385. The zero-order chi connectivity index (χ0) is 23.2. The van der Waals surface area contributed by atoms with Crippen LogP contribution < -0.4 is 0 Å². The zero-order valence-corrected chi connectivity index (χ0v) is 18.2. The lowest BCUT2D eigenvalue weighted by Crippen LogP contribution is -2.16. The van der Waals surface area contributed by atoms with Gasteiger partial charge in [-0.1, -0.05) is 97.1 Å². The van der Waals surface area contributed by atoms with Crippen molar-refractivity contribution in [3.8, 4) is 22.5 Å². The van der Waals surface area contributed by atoms with E-state index in [2.05, 4.69) is 15.4 Å². The van der Waals surface area contributed by atoms with Crippen LogP contribution in [0.5, 0.6) is 0 Å². The molecule has 0 spiro atoms. The first kappa shape index (κ1) is 21.0. The summed E-state index contributed by atoms with van der Waals surface area (Å²) in [6, 6.07) is 37.6. The molecule has 6 heteroatoms. The monoisotopic (exact) mass is 444 g/mol. The maximum atomic E-state index is 12.9. The van der Waals surface area contributed by atoms with E-state index in [0.717, 1.165) is 11.1 Å². The van der Waals surface area contributed by atoms with E-state index in [1.807, 2.05) is 97.1 Å². The number of esters is 1. The van der Waals surface area contributed by atoms with Gasteiger partial charge in [-0.05, 0) is 29.5 Å². The standard InChI is InChI=1S/C28H20N4O2/c33-28(24-19-11-4-12-20-24)34-27(23-17-9-3-10-18-23)30-32-26(22-15-7-2-8-16-22)25(29-31-32)21-13-5-1-6-14-21/h1-20H/b30-27-. The number of carbonyl (C=O) groups excluding carboxylic acids is 1. The molecule has 0 amide bonds. The van der Waals surface area contributed by atoms with Gasteiger partial charge in [0, 0.05) is 16.7 Å². The van der Waals surface area contributed by atoms with Crippen molar-refractivity contribution < 1.29 is 9.53 Å². The molecule has 34 heavy (non-hydrogen) atoms. The highest BCUT2D eigenvalue weighted by atomic mass is 16.5. The Labute approximate surface area is 196 Å². The van der Waals surface area contributed by atoms with E-state index in [1.54, 1.807) is 24.3 Å². The highest BCUT2D eigenvalue weighted by Gasteiger charge is 2.19. The molecule has 0 saturated heterocycles. The van der Waals surface area contributed by atoms with Crippen molar-refractivity contribution in [3.05, 3.63) is 132 Å². The Hall–Kier alpha value is -4.84. The predicted octanol–water partition coefficient (Wildman–Crippen LogP) is 5.68. The zero-order valence-electron chi connectivity index (χ0n) is 18.2. The van der Waals surface area contributed by atoms with Crippen LogP contribution in [0.2, 0.25) is 0 Å². The van der Waals surface area contributed by atoms with Crippen molar-refractivity contribution in [2.75, 3.05) is 0 Å². The topological polar surface area (TPSA) is 69.4 Å². The van der Waals surface area contributed by atoms with E-state index in [-0.39, 0.29) is 5.90 Å². The Morgan fingerprint density at radius 1 is 0.647 bits per heavy atom. The van der Waals surface area contributed by atoms with Crippen molar-refractivity contribution >= 4 is 11.9 Å². The molecule has 0 aliphatic rings. The number of nitrogens with zero attached hydrogens (tertiary/aromatic N) is 4. The summed E-state index contributed by atoms with van der Waals surface area (Å²) in [4.78, 5) is 14.3. The maximum Gasteiger partial charge on any atom is 0.344 e. The Bertz CT molecular complexity index is 1420. The lowest BCUT2D eigenvalue weighted by Gasteiger charge is -2.09. The molecule has 0 aliphatic carbocycles. The molecule has 5 aromatic rings. The second-order valence-corrected chi connectivity index (χ2v) is 7.43. The molecule has 0 fully saturated rings. The van der Waals surface area contributed by atoms with Crippen LogP contribution in [-0.4, -0.2) is 27.0 Å². The van der Waals surface area contributed by atoms with Crippen LogP contribution in [0, 0.1) is 0 Å². The molecule has 1 heterocycles. The van der Waals surface area contributed by atoms with Crippen LogP contribution in [0.15, 0.2) is 126 Å². The number of hydrogen-bond donors (Lipinski definition) is 0. The van der Waals surface area contributed by atoms with Gasteiger partial charge in [-0.3, -0.25) is 0 Å². The Morgan fingerprint density at radius 3 is 1.74 bits per heavy atom. The third-order valence-electron chi connectivity index (χ3n) is 5.15. The third-order valence-corrected chi connectivity index (χ3v) is 5.15. The normalized spacial score (nSPS) is 11.2. The van der Waals surface area contributed by atoms with Gasteiger partial charge in [-0.25, -0.2) is 4.79 Å². The van der Waals surface area contributed by atoms with Crippen molar-refractivity contribution in [1.29, 1.82) is 0 Å². The van der Waals surface area contributed by atoms with E-state index < -0.39 is 5.97 Å². The average Bonchev–Trinajstić information content (AvgIpc) is 3.34. The lowest BCUT2D eigenvalue weighted by atomic mass is 10.1. The number of aromatic nitrogens is 3. The molecule has 164 valence electrons. The smallest absolute Gasteiger partial charge is 0.344 e. The molecule has 0 atom stereocenters. The summed E-state index contributed by atoms with van der Waals surface area (Å²) >= 11 is 0. The van der Waals surface area contributed by atoms with Gasteiger partial charge in [0.1, 0.15) is 11.4 Å². The summed E-state index contributed by atoms with van der Waals surface area (Å²) < 4.78 is 5.75. The molecular weight excluding hydrogens is 424 g/mol. The molecular formula is C28H20N4O2. The number of ether oxygens (including phenoxy) is 1. The van der Waals surface area contributed by atoms with Crippen molar-refractivity contribution in [3.63, 3.8) is 0 Å². The van der Waals surface area contributed by atoms with Crippen molar-refractivity contribution in [2.24, 2.45) is 5.10 Å². The van der Waals surface area contributed by atoms with Gasteiger partial charge in [0.2, 0.25) is 5.90 Å². The first-order chi connectivity index (χ1) is 16.8. The summed E-state index contributed by atoms with van der Waals surface area (Å²) in [7, 11) is 0. The molecule has 4 aromatic carbocycles. The fraction of sp³-hybridized carbons (Fsp3) is 0. The lowest BCUT2D eigenvalue weighted by molar-refractivity contribution is 0.0716. The first-order valence-electron chi connectivity index (χ1n) is 10.8. The van der Waals surface area contributed by atoms with Crippen LogP contribution in [0.3, 0.4) is 0 Å². The number of carbonyl (C=O) groups is 1. The largest absolute Gasteiger partial charge is 0.402 e. The van der Waals surface area contributed by atoms with E-state index in [4.69, 9.17) is 4.74 Å². The fourth-order valence-corrected chi connectivity index (χ4v) is 3.51. The maximum absolute atomic E-state index is 12.9. The van der Waals surface area contributed by atoms with E-state index in [1.165, 1.54) is 4.79 Å². The average molecular weight is 444 g/mol. The molecule has 1 aromatic heterocycles. The van der Waals surface area contributed by atoms with Gasteiger partial charge < -0.3 is 4.74 Å². The second kappa shape index (κ2) is 9.75. The van der Waals surface area contributed by atoms with E-state index in [9.17, 15) is 4.79 Å². The van der Waals surface area contributed by atoms with Gasteiger partial charge in [0.25, 0.3) is 0 Å². The molecule has 0 saturated carbocycles. The van der Waals surface area contributed by atoms with Crippen LogP contribution in [-0.2, 0) is 4.74 Å². The summed E-state index contributed by atoms with van der Waals surface area (Å²) in [6.07, 6.45) is 0. The van der Waals surface area contributed by atoms with E-state index >= 15 is 0 Å². The van der Waals surface area contributed by atoms with Crippen molar-refractivity contribution in [2.45, 2.75) is 0 Å². The molecule has 0 aliphatic heterocycles. The van der Waals surface area contributed by atoms with Crippen LogP contribution >= 0.6 is 0 Å². The number of hydrogen-bond acceptors (Lipinski definition) is 5. The molecule has 0 radical (unpaired) electrons. The third kappa shape index (κ3) is 4.52. The summed E-state index contributed by atoms with van der Waals surface area (Å²) in [5, 5.41) is 13.3. The highest BCUT2D eigenvalue weighted by molar-refractivity contribution is 6.05. The van der Waals surface area contributed by atoms with Gasteiger partial charge in [0.05, 0.1) is 5.56 Å². The van der Waals surface area contributed by atoms with Gasteiger partial charge >= 0.3 is 5.97 Å². The van der Waals surface area contributed by atoms with Gasteiger partial charge in [0.15, 0.2) is 0 Å². The Kier molecular flexibility index (Phi) is 6.03. The second-order valence-electron chi connectivity index (χ2n) is 7.43. The Morgan fingerprint density at radius 2 is 1.15 bits per heavy atom. The number of benzene rings is 4. The highest BCUT2D eigenvalue weighted by Crippen LogP contribution is 2.30. The van der Waals surface area contributed by atoms with Gasteiger partial charge in [-0.2, -0.15) is 0 Å². The predicted molar refractivity (Wildman–Crippen MR) is 131 cm³/mol. The van der Waals surface area contributed by atoms with E-state index in [0.29, 0.717) is 22.5 Å². The quantitative estimate of drug-likeness (QED) is 0.199. The SMILES string of the molecule is O=C(O/C(=N\n1nnc(-c2ccccc2)c1-c1ccccc1)c1ccccc1)c1ccccc1. The van der Waals surface area contributed by atoms with Crippen molar-refractivity contribution in [1.82, 2.24) is 15.1 Å². The van der Waals surface area contributed by atoms with Crippen LogP contribution in [0.1, 0.15) is 15.9 Å². The summed E-state index contributed by atoms with van der Waals surface area (Å²) in [5.41, 5.74) is 4.23. The minimum atomic E-state index is -0.507. The fourth-order valence-electron chi connectivity index (χ4n) is 3.51.